The summed E-state index contributed by atoms with van der Waals surface area (Å²) < 4.78 is 0. The second-order valence-electron chi connectivity index (χ2n) is 6.58. The van der Waals surface area contributed by atoms with Crippen molar-refractivity contribution in [3.63, 3.8) is 0 Å². The summed E-state index contributed by atoms with van der Waals surface area (Å²) in [5, 5.41) is 13.6. The summed E-state index contributed by atoms with van der Waals surface area (Å²) in [5.74, 6) is 0.437. The molecule has 0 radical (unpaired) electrons. The molecule has 28 heavy (non-hydrogen) atoms. The monoisotopic (exact) mass is 389 g/mol. The predicted molar refractivity (Wildman–Crippen MR) is 113 cm³/mol. The van der Waals surface area contributed by atoms with Gasteiger partial charge >= 0.3 is 5.97 Å². The van der Waals surface area contributed by atoms with Crippen molar-refractivity contribution in [2.75, 3.05) is 5.32 Å². The van der Waals surface area contributed by atoms with E-state index in [-0.39, 0.29) is 5.56 Å². The van der Waals surface area contributed by atoms with Crippen LogP contribution < -0.4 is 5.32 Å². The summed E-state index contributed by atoms with van der Waals surface area (Å²) in [4.78, 5) is 22.7. The number of nitrogens with one attached hydrogen (secondary N) is 1. The summed E-state index contributed by atoms with van der Waals surface area (Å²) in [6.07, 6.45) is 0. The summed E-state index contributed by atoms with van der Waals surface area (Å²) in [6, 6.07) is 16.8. The number of fused-ring (bicyclic) bond motifs is 1. The number of aromatic nitrogens is 2. The molecule has 2 N–H and O–H groups in total. The average Bonchev–Trinajstić information content (AvgIpc) is 3.01. The quantitative estimate of drug-likeness (QED) is 0.485. The van der Waals surface area contributed by atoms with E-state index in [1.54, 1.807) is 35.6 Å². The van der Waals surface area contributed by atoms with E-state index in [2.05, 4.69) is 31.3 Å². The topological polar surface area (TPSA) is 75.1 Å². The molecule has 0 saturated carbocycles. The van der Waals surface area contributed by atoms with Crippen LogP contribution in [-0.4, -0.2) is 21.0 Å². The fourth-order valence-corrected chi connectivity index (χ4v) is 4.08. The molecule has 0 unspecified atom stereocenters. The molecule has 2 aromatic carbocycles. The smallest absolute Gasteiger partial charge is 0.335 e. The van der Waals surface area contributed by atoms with E-state index in [4.69, 9.17) is 15.1 Å². The Bertz CT molecular complexity index is 1150. The van der Waals surface area contributed by atoms with Gasteiger partial charge in [0.25, 0.3) is 0 Å². The second kappa shape index (κ2) is 7.40. The van der Waals surface area contributed by atoms with Gasteiger partial charge < -0.3 is 10.4 Å². The zero-order valence-corrected chi connectivity index (χ0v) is 16.4. The largest absolute Gasteiger partial charge is 0.478 e. The molecule has 2 heterocycles. The highest BCUT2D eigenvalue weighted by molar-refractivity contribution is 7.18. The first-order chi connectivity index (χ1) is 13.5. The van der Waals surface area contributed by atoms with Crippen LogP contribution in [0.3, 0.4) is 0 Å². The molecule has 0 spiro atoms. The minimum atomic E-state index is -0.947. The Morgan fingerprint density at radius 1 is 1.04 bits per heavy atom. The first-order valence-electron chi connectivity index (χ1n) is 8.92. The number of nitrogens with zero attached hydrogens (tertiary/aromatic N) is 2. The predicted octanol–water partition coefficient (Wildman–Crippen LogP) is 5.29. The number of benzene rings is 2. The van der Waals surface area contributed by atoms with Gasteiger partial charge in [-0.2, -0.15) is 0 Å². The lowest BCUT2D eigenvalue weighted by atomic mass is 10.1. The van der Waals surface area contributed by atoms with Crippen molar-refractivity contribution in [3.05, 3.63) is 76.2 Å². The number of carboxylic acids is 1. The molecule has 0 fully saturated rings. The lowest BCUT2D eigenvalue weighted by molar-refractivity contribution is 0.0697. The standard InChI is InChI=1S/C22H19N3O2S/c1-13-14(2)28-21-18(13)20(23-12-15-6-4-3-5-7-15)24-19(25-21)16-8-10-17(11-9-16)22(26)27/h3-11H,12H2,1-2H3,(H,26,27)(H,23,24,25). The van der Waals surface area contributed by atoms with Crippen LogP contribution in [0.25, 0.3) is 21.6 Å². The van der Waals surface area contributed by atoms with E-state index in [0.717, 1.165) is 21.6 Å². The van der Waals surface area contributed by atoms with Gasteiger partial charge in [-0.05, 0) is 37.1 Å². The van der Waals surface area contributed by atoms with Crippen LogP contribution in [0.1, 0.15) is 26.4 Å². The third-order valence-electron chi connectivity index (χ3n) is 4.72. The maximum atomic E-state index is 11.1. The van der Waals surface area contributed by atoms with Crippen LogP contribution in [0.4, 0.5) is 5.82 Å². The number of rotatable bonds is 5. The van der Waals surface area contributed by atoms with Crippen LogP contribution in [-0.2, 0) is 6.54 Å². The maximum absolute atomic E-state index is 11.1. The Kier molecular flexibility index (Phi) is 4.79. The molecule has 5 nitrogen and oxygen atoms in total. The zero-order chi connectivity index (χ0) is 19.7. The number of carboxylic acid groups (broad SMARTS) is 1. The first kappa shape index (κ1) is 18.1. The number of aryl methyl sites for hydroxylation is 2. The van der Waals surface area contributed by atoms with Gasteiger partial charge in [-0.25, -0.2) is 14.8 Å². The van der Waals surface area contributed by atoms with Gasteiger partial charge in [0.05, 0.1) is 10.9 Å². The van der Waals surface area contributed by atoms with E-state index in [1.807, 2.05) is 18.2 Å². The molecule has 0 amide bonds. The van der Waals surface area contributed by atoms with Crippen molar-refractivity contribution >= 4 is 33.3 Å². The fraction of sp³-hybridized carbons (Fsp3) is 0.136. The van der Waals surface area contributed by atoms with Crippen molar-refractivity contribution in [2.45, 2.75) is 20.4 Å². The van der Waals surface area contributed by atoms with Crippen LogP contribution in [0.2, 0.25) is 0 Å². The highest BCUT2D eigenvalue weighted by atomic mass is 32.1. The minimum Gasteiger partial charge on any atom is -0.478 e. The SMILES string of the molecule is Cc1sc2nc(-c3ccc(C(=O)O)cc3)nc(NCc3ccccc3)c2c1C. The van der Waals surface area contributed by atoms with E-state index >= 15 is 0 Å². The van der Waals surface area contributed by atoms with E-state index in [9.17, 15) is 4.79 Å². The Hall–Kier alpha value is -3.25. The summed E-state index contributed by atoms with van der Waals surface area (Å²) in [7, 11) is 0. The summed E-state index contributed by atoms with van der Waals surface area (Å²) in [5.41, 5.74) is 3.39. The Balaban J connectivity index is 1.77. The Morgan fingerprint density at radius 3 is 2.43 bits per heavy atom. The third-order valence-corrected chi connectivity index (χ3v) is 5.82. The van der Waals surface area contributed by atoms with Gasteiger partial charge in [0, 0.05) is 17.0 Å². The van der Waals surface area contributed by atoms with Gasteiger partial charge in [-0.15, -0.1) is 11.3 Å². The molecule has 0 saturated heterocycles. The number of carbonyl (C=O) groups is 1. The van der Waals surface area contributed by atoms with Gasteiger partial charge in [-0.1, -0.05) is 42.5 Å². The molecule has 4 rings (SSSR count). The highest BCUT2D eigenvalue weighted by Crippen LogP contribution is 2.35. The lowest BCUT2D eigenvalue weighted by Gasteiger charge is -2.10. The molecular weight excluding hydrogens is 370 g/mol. The van der Waals surface area contributed by atoms with Crippen LogP contribution >= 0.6 is 11.3 Å². The molecule has 0 bridgehead atoms. The van der Waals surface area contributed by atoms with Gasteiger partial charge in [0.1, 0.15) is 10.6 Å². The van der Waals surface area contributed by atoms with Crippen molar-refractivity contribution in [1.82, 2.24) is 9.97 Å². The minimum absolute atomic E-state index is 0.245. The summed E-state index contributed by atoms with van der Waals surface area (Å²) in [6.45, 7) is 4.84. The number of thiophene rings is 1. The molecular formula is C22H19N3O2S. The molecule has 140 valence electrons. The molecule has 0 aliphatic heterocycles. The molecule has 0 atom stereocenters. The molecule has 6 heteroatoms. The maximum Gasteiger partial charge on any atom is 0.335 e. The second-order valence-corrected chi connectivity index (χ2v) is 7.78. The number of aromatic carboxylic acids is 1. The molecule has 0 aliphatic carbocycles. The third kappa shape index (κ3) is 3.46. The number of hydrogen-bond donors (Lipinski definition) is 2. The van der Waals surface area contributed by atoms with Crippen LogP contribution in [0, 0.1) is 13.8 Å². The molecule has 4 aromatic rings. The zero-order valence-electron chi connectivity index (χ0n) is 15.6. The Labute approximate surface area is 166 Å². The Morgan fingerprint density at radius 2 is 1.75 bits per heavy atom. The molecule has 0 aliphatic rings. The molecule has 2 aromatic heterocycles. The number of anilines is 1. The van der Waals surface area contributed by atoms with Gasteiger partial charge in [-0.3, -0.25) is 0 Å². The average molecular weight is 389 g/mol. The van der Waals surface area contributed by atoms with Crippen molar-refractivity contribution < 1.29 is 9.90 Å². The number of hydrogen-bond acceptors (Lipinski definition) is 5. The fourth-order valence-electron chi connectivity index (χ4n) is 3.05. The van der Waals surface area contributed by atoms with Crippen molar-refractivity contribution in [3.8, 4) is 11.4 Å². The normalized spacial score (nSPS) is 10.9. The van der Waals surface area contributed by atoms with E-state index < -0.39 is 5.97 Å². The van der Waals surface area contributed by atoms with E-state index in [0.29, 0.717) is 12.4 Å². The van der Waals surface area contributed by atoms with Crippen molar-refractivity contribution in [2.24, 2.45) is 0 Å². The van der Waals surface area contributed by atoms with Gasteiger partial charge in [0.15, 0.2) is 5.82 Å². The van der Waals surface area contributed by atoms with Crippen molar-refractivity contribution in [1.29, 1.82) is 0 Å². The van der Waals surface area contributed by atoms with E-state index in [1.165, 1.54) is 16.0 Å². The lowest BCUT2D eigenvalue weighted by Crippen LogP contribution is -2.04. The highest BCUT2D eigenvalue weighted by Gasteiger charge is 2.16. The van der Waals surface area contributed by atoms with Gasteiger partial charge in [0.2, 0.25) is 0 Å². The van der Waals surface area contributed by atoms with Crippen LogP contribution in [0.5, 0.6) is 0 Å². The first-order valence-corrected chi connectivity index (χ1v) is 9.74. The van der Waals surface area contributed by atoms with Crippen LogP contribution in [0.15, 0.2) is 54.6 Å². The summed E-state index contributed by atoms with van der Waals surface area (Å²) >= 11 is 1.65.